The van der Waals surface area contributed by atoms with E-state index in [2.05, 4.69) is 15.9 Å². The van der Waals surface area contributed by atoms with E-state index in [1.165, 1.54) is 6.07 Å². The summed E-state index contributed by atoms with van der Waals surface area (Å²) in [6.45, 7) is -0.748. The third-order valence-electron chi connectivity index (χ3n) is 1.59. The van der Waals surface area contributed by atoms with Gasteiger partial charge < -0.3 is 5.32 Å². The van der Waals surface area contributed by atoms with Gasteiger partial charge in [0, 0.05) is 4.47 Å². The molecule has 0 bridgehead atoms. The lowest BCUT2D eigenvalue weighted by Crippen LogP contribution is -2.28. The molecule has 0 aromatic heterocycles. The van der Waals surface area contributed by atoms with E-state index >= 15 is 0 Å². The fourth-order valence-electron chi connectivity index (χ4n) is 0.937. The number of carbonyl (C=O) groups excluding carboxylic acids is 1. The summed E-state index contributed by atoms with van der Waals surface area (Å²) in [4.78, 5) is 11.3. The molecule has 0 aliphatic carbocycles. The van der Waals surface area contributed by atoms with Crippen molar-refractivity contribution in [2.75, 3.05) is 6.54 Å². The van der Waals surface area contributed by atoms with Crippen LogP contribution in [-0.4, -0.2) is 18.9 Å². The molecule has 1 aromatic rings. The largest absolute Gasteiger partial charge is 0.346 e. The zero-order valence-electron chi connectivity index (χ0n) is 7.44. The van der Waals surface area contributed by atoms with Gasteiger partial charge in [-0.1, -0.05) is 0 Å². The average molecular weight is 282 g/mol. The maximum absolute atomic E-state index is 12.8. The van der Waals surface area contributed by atoms with Gasteiger partial charge in [-0.05, 0) is 34.1 Å². The summed E-state index contributed by atoms with van der Waals surface area (Å²) in [5.41, 5.74) is -0.00403. The number of halogens is 4. The summed E-state index contributed by atoms with van der Waals surface area (Å²) in [7, 11) is 0. The topological polar surface area (TPSA) is 29.1 Å². The number of amides is 1. The Bertz CT molecular complexity index is 370. The van der Waals surface area contributed by atoms with Crippen molar-refractivity contribution >= 4 is 21.8 Å². The fourth-order valence-corrected chi connectivity index (χ4v) is 1.36. The molecule has 0 heterocycles. The molecule has 6 heteroatoms. The van der Waals surface area contributed by atoms with E-state index in [1.807, 2.05) is 5.32 Å². The van der Waals surface area contributed by atoms with E-state index < -0.39 is 24.7 Å². The SMILES string of the molecule is O=C(NCC(F)F)c1cc(F)ccc1Br. The van der Waals surface area contributed by atoms with Crippen LogP contribution in [0.25, 0.3) is 0 Å². The van der Waals surface area contributed by atoms with Crippen molar-refractivity contribution in [3.63, 3.8) is 0 Å². The smallest absolute Gasteiger partial charge is 0.255 e. The number of hydrogen-bond acceptors (Lipinski definition) is 1. The first kappa shape index (κ1) is 12.0. The zero-order chi connectivity index (χ0) is 11.4. The van der Waals surface area contributed by atoms with Crippen LogP contribution < -0.4 is 5.32 Å². The minimum absolute atomic E-state index is 0.00403. The fraction of sp³-hybridized carbons (Fsp3) is 0.222. The van der Waals surface area contributed by atoms with Gasteiger partial charge >= 0.3 is 0 Å². The molecule has 15 heavy (non-hydrogen) atoms. The van der Waals surface area contributed by atoms with E-state index in [0.29, 0.717) is 4.47 Å². The Morgan fingerprint density at radius 2 is 2.13 bits per heavy atom. The Hall–Kier alpha value is -1.04. The number of rotatable bonds is 3. The van der Waals surface area contributed by atoms with Crippen LogP contribution in [0.15, 0.2) is 22.7 Å². The molecule has 0 unspecified atom stereocenters. The summed E-state index contributed by atoms with van der Waals surface area (Å²) in [5.74, 6) is -1.33. The lowest BCUT2D eigenvalue weighted by atomic mass is 10.2. The molecule has 2 nitrogen and oxygen atoms in total. The minimum atomic E-state index is -2.62. The van der Waals surface area contributed by atoms with Crippen molar-refractivity contribution in [3.05, 3.63) is 34.1 Å². The second kappa shape index (κ2) is 5.16. The molecule has 0 radical (unpaired) electrons. The molecule has 0 atom stereocenters. The summed E-state index contributed by atoms with van der Waals surface area (Å²) in [5, 5.41) is 1.98. The quantitative estimate of drug-likeness (QED) is 0.907. The standard InChI is InChI=1S/C9H7BrF3NO/c10-7-2-1-5(11)3-6(7)9(15)14-4-8(12)13/h1-3,8H,4H2,(H,14,15). The van der Waals surface area contributed by atoms with Crippen molar-refractivity contribution in [2.24, 2.45) is 0 Å². The van der Waals surface area contributed by atoms with Crippen molar-refractivity contribution in [3.8, 4) is 0 Å². The first-order valence-electron chi connectivity index (χ1n) is 4.02. The van der Waals surface area contributed by atoms with E-state index in [9.17, 15) is 18.0 Å². The third-order valence-corrected chi connectivity index (χ3v) is 2.28. The number of hydrogen-bond donors (Lipinski definition) is 1. The van der Waals surface area contributed by atoms with Gasteiger partial charge in [-0.15, -0.1) is 0 Å². The summed E-state index contributed by atoms with van der Waals surface area (Å²) < 4.78 is 36.7. The number of nitrogens with one attached hydrogen (secondary N) is 1. The van der Waals surface area contributed by atoms with E-state index in [-0.39, 0.29) is 5.56 Å². The maximum atomic E-state index is 12.8. The van der Waals surface area contributed by atoms with Crippen LogP contribution in [0.1, 0.15) is 10.4 Å². The van der Waals surface area contributed by atoms with Gasteiger partial charge in [-0.3, -0.25) is 4.79 Å². The monoisotopic (exact) mass is 281 g/mol. The highest BCUT2D eigenvalue weighted by Crippen LogP contribution is 2.17. The molecule has 1 N–H and O–H groups in total. The average Bonchev–Trinajstić information content (AvgIpc) is 2.18. The summed E-state index contributed by atoms with van der Waals surface area (Å²) in [6, 6.07) is 3.48. The van der Waals surface area contributed by atoms with Crippen molar-refractivity contribution < 1.29 is 18.0 Å². The Balaban J connectivity index is 2.77. The molecule has 0 aliphatic rings. The molecule has 1 amide bonds. The van der Waals surface area contributed by atoms with E-state index in [1.54, 1.807) is 0 Å². The van der Waals surface area contributed by atoms with Crippen LogP contribution >= 0.6 is 15.9 Å². The second-order valence-electron chi connectivity index (χ2n) is 2.73. The molecule has 0 saturated heterocycles. The molecule has 1 rings (SSSR count). The van der Waals surface area contributed by atoms with Crippen LogP contribution in [0.4, 0.5) is 13.2 Å². The normalized spacial score (nSPS) is 10.5. The van der Waals surface area contributed by atoms with Gasteiger partial charge in [0.2, 0.25) is 0 Å². The molecular formula is C9H7BrF3NO. The van der Waals surface area contributed by atoms with Crippen LogP contribution in [0.3, 0.4) is 0 Å². The molecule has 0 aliphatic heterocycles. The van der Waals surface area contributed by atoms with E-state index in [0.717, 1.165) is 12.1 Å². The highest BCUT2D eigenvalue weighted by molar-refractivity contribution is 9.10. The van der Waals surface area contributed by atoms with Crippen LogP contribution in [-0.2, 0) is 0 Å². The molecule has 0 saturated carbocycles. The predicted molar refractivity (Wildman–Crippen MR) is 52.4 cm³/mol. The van der Waals surface area contributed by atoms with Gasteiger partial charge in [0.1, 0.15) is 5.82 Å². The van der Waals surface area contributed by atoms with Crippen LogP contribution in [0.2, 0.25) is 0 Å². The van der Waals surface area contributed by atoms with Gasteiger partial charge in [0.05, 0.1) is 12.1 Å². The number of carbonyl (C=O) groups is 1. The van der Waals surface area contributed by atoms with Gasteiger partial charge in [0.15, 0.2) is 0 Å². The Morgan fingerprint density at radius 1 is 1.47 bits per heavy atom. The van der Waals surface area contributed by atoms with Crippen LogP contribution in [0.5, 0.6) is 0 Å². The Kier molecular flexibility index (Phi) is 4.14. The predicted octanol–water partition coefficient (Wildman–Crippen LogP) is 2.58. The highest BCUT2D eigenvalue weighted by atomic mass is 79.9. The van der Waals surface area contributed by atoms with Crippen LogP contribution in [0, 0.1) is 5.82 Å². The Morgan fingerprint density at radius 3 is 2.73 bits per heavy atom. The van der Waals surface area contributed by atoms with Gasteiger partial charge in [0.25, 0.3) is 12.3 Å². The van der Waals surface area contributed by atoms with Gasteiger partial charge in [-0.25, -0.2) is 13.2 Å². The third kappa shape index (κ3) is 3.54. The van der Waals surface area contributed by atoms with E-state index in [4.69, 9.17) is 0 Å². The lowest BCUT2D eigenvalue weighted by molar-refractivity contribution is 0.0890. The molecular weight excluding hydrogens is 275 g/mol. The summed E-state index contributed by atoms with van der Waals surface area (Å²) >= 11 is 3.02. The highest BCUT2D eigenvalue weighted by Gasteiger charge is 2.12. The summed E-state index contributed by atoms with van der Waals surface area (Å²) in [6.07, 6.45) is -2.62. The lowest BCUT2D eigenvalue weighted by Gasteiger charge is -2.06. The molecule has 0 fully saturated rings. The molecule has 82 valence electrons. The molecule has 1 aromatic carbocycles. The second-order valence-corrected chi connectivity index (χ2v) is 3.58. The van der Waals surface area contributed by atoms with Crippen molar-refractivity contribution in [1.82, 2.24) is 5.32 Å². The van der Waals surface area contributed by atoms with Gasteiger partial charge in [-0.2, -0.15) is 0 Å². The first-order chi connectivity index (χ1) is 7.00. The minimum Gasteiger partial charge on any atom is -0.346 e. The zero-order valence-corrected chi connectivity index (χ0v) is 9.02. The first-order valence-corrected chi connectivity index (χ1v) is 4.81. The Labute approximate surface area is 92.6 Å². The number of alkyl halides is 2. The number of benzene rings is 1. The molecule has 0 spiro atoms. The van der Waals surface area contributed by atoms with Crippen molar-refractivity contribution in [1.29, 1.82) is 0 Å². The maximum Gasteiger partial charge on any atom is 0.255 e. The van der Waals surface area contributed by atoms with Crippen molar-refractivity contribution in [2.45, 2.75) is 6.43 Å².